The van der Waals surface area contributed by atoms with Gasteiger partial charge in [0.05, 0.1) is 27.7 Å². The van der Waals surface area contributed by atoms with Gasteiger partial charge in [-0.25, -0.2) is 4.57 Å². The number of carbonyl (C=O) groups is 2. The number of carbonyl (C=O) groups excluding carboxylic acids is 2. The van der Waals surface area contributed by atoms with Gasteiger partial charge in [0.25, 0.3) is 0 Å². The van der Waals surface area contributed by atoms with Gasteiger partial charge >= 0.3 is 19.8 Å². The standard InChI is InChI=1S/C48H92NO8P/c1-6-8-10-12-14-16-18-20-22-23-24-25-27-29-31-33-35-37-39-41-48(51)57-46(45-56-58(52,53)55-43-42-49(3,4)5)44-54-47(50)40-38-36-34-32-30-28-26-21-19-17-15-13-11-9-7-2/h21,23-24,26,46H,6-20,22,25,27-45H2,1-5H3/p+1/b24-23-,26-21-/t46-/m1/s1. The maximum Gasteiger partial charge on any atom is 0.472 e. The number of phosphoric ester groups is 1. The molecule has 58 heavy (non-hydrogen) atoms. The second-order valence-electron chi connectivity index (χ2n) is 17.5. The molecule has 0 aromatic rings. The molecule has 1 N–H and O–H groups in total. The zero-order chi connectivity index (χ0) is 42.8. The molecule has 0 fully saturated rings. The predicted octanol–water partition coefficient (Wildman–Crippen LogP) is 13.9. The summed E-state index contributed by atoms with van der Waals surface area (Å²) in [5.41, 5.74) is 0. The van der Waals surface area contributed by atoms with Gasteiger partial charge in [0.1, 0.15) is 19.8 Å². The van der Waals surface area contributed by atoms with Gasteiger partial charge in [0.15, 0.2) is 6.10 Å². The molecule has 0 aromatic heterocycles. The van der Waals surface area contributed by atoms with Crippen LogP contribution in [0.3, 0.4) is 0 Å². The van der Waals surface area contributed by atoms with E-state index in [4.69, 9.17) is 18.5 Å². The van der Waals surface area contributed by atoms with E-state index in [-0.39, 0.29) is 32.0 Å². The van der Waals surface area contributed by atoms with Crippen molar-refractivity contribution in [3.05, 3.63) is 24.3 Å². The summed E-state index contributed by atoms with van der Waals surface area (Å²) in [7, 11) is 1.47. The largest absolute Gasteiger partial charge is 0.472 e. The van der Waals surface area contributed by atoms with E-state index in [1.807, 2.05) is 21.1 Å². The number of likely N-dealkylation sites (N-methyl/N-ethyl adjacent to an activating group) is 1. The molecule has 0 spiro atoms. The van der Waals surface area contributed by atoms with Crippen LogP contribution in [0.25, 0.3) is 0 Å². The van der Waals surface area contributed by atoms with Crippen LogP contribution in [0.5, 0.6) is 0 Å². The van der Waals surface area contributed by atoms with Crippen molar-refractivity contribution in [3.8, 4) is 0 Å². The number of hydrogen-bond acceptors (Lipinski definition) is 7. The van der Waals surface area contributed by atoms with Crippen molar-refractivity contribution < 1.29 is 42.1 Å². The summed E-state index contributed by atoms with van der Waals surface area (Å²) in [4.78, 5) is 35.4. The monoisotopic (exact) mass is 843 g/mol. The minimum Gasteiger partial charge on any atom is -0.462 e. The first-order chi connectivity index (χ1) is 28.0. The van der Waals surface area contributed by atoms with Crippen LogP contribution in [-0.2, 0) is 32.7 Å². The number of esters is 2. The molecule has 0 aromatic carbocycles. The normalized spacial score (nSPS) is 13.7. The minimum atomic E-state index is -4.38. The van der Waals surface area contributed by atoms with Crippen LogP contribution < -0.4 is 0 Å². The number of rotatable bonds is 44. The lowest BCUT2D eigenvalue weighted by Gasteiger charge is -2.24. The highest BCUT2D eigenvalue weighted by Crippen LogP contribution is 2.43. The Morgan fingerprint density at radius 3 is 1.28 bits per heavy atom. The second-order valence-corrected chi connectivity index (χ2v) is 18.9. The Morgan fingerprint density at radius 1 is 0.517 bits per heavy atom. The lowest BCUT2D eigenvalue weighted by atomic mass is 10.1. The Kier molecular flexibility index (Phi) is 39.8. The van der Waals surface area contributed by atoms with Gasteiger partial charge in [0, 0.05) is 12.8 Å². The molecule has 0 saturated heterocycles. The van der Waals surface area contributed by atoms with E-state index < -0.39 is 26.5 Å². The molecule has 0 bridgehead atoms. The molecule has 2 atom stereocenters. The highest BCUT2D eigenvalue weighted by atomic mass is 31.2. The number of allylic oxidation sites excluding steroid dienone is 4. The first-order valence-corrected chi connectivity index (χ1v) is 25.6. The number of unbranched alkanes of at least 4 members (excludes halogenated alkanes) is 26. The van der Waals surface area contributed by atoms with Gasteiger partial charge in [-0.05, 0) is 64.2 Å². The van der Waals surface area contributed by atoms with E-state index in [0.717, 1.165) is 64.2 Å². The fraction of sp³-hybridized carbons (Fsp3) is 0.875. The average molecular weight is 843 g/mol. The summed E-state index contributed by atoms with van der Waals surface area (Å²) in [6.45, 7) is 4.42. The van der Waals surface area contributed by atoms with Crippen LogP contribution in [0.15, 0.2) is 24.3 Å². The molecule has 0 aliphatic carbocycles. The molecular formula is C48H93NO8P+. The van der Waals surface area contributed by atoms with E-state index in [1.165, 1.54) is 122 Å². The molecular weight excluding hydrogens is 750 g/mol. The molecule has 0 rings (SSSR count). The lowest BCUT2D eigenvalue weighted by molar-refractivity contribution is -0.870. The molecule has 0 saturated carbocycles. The highest BCUT2D eigenvalue weighted by molar-refractivity contribution is 7.47. The summed E-state index contributed by atoms with van der Waals surface area (Å²) in [6.07, 6.45) is 45.1. The number of hydrogen-bond donors (Lipinski definition) is 1. The number of ether oxygens (including phenoxy) is 2. The third-order valence-electron chi connectivity index (χ3n) is 10.5. The Labute approximate surface area is 358 Å². The van der Waals surface area contributed by atoms with Crippen LogP contribution in [0.2, 0.25) is 0 Å². The van der Waals surface area contributed by atoms with E-state index >= 15 is 0 Å². The Bertz CT molecular complexity index is 1040. The van der Waals surface area contributed by atoms with Gasteiger partial charge in [-0.2, -0.15) is 0 Å². The summed E-state index contributed by atoms with van der Waals surface area (Å²) in [5.74, 6) is -0.806. The van der Waals surface area contributed by atoms with Gasteiger partial charge < -0.3 is 18.9 Å². The number of nitrogens with zero attached hydrogens (tertiary/aromatic N) is 1. The molecule has 0 radical (unpaired) electrons. The second kappa shape index (κ2) is 40.9. The summed E-state index contributed by atoms with van der Waals surface area (Å²) >= 11 is 0. The number of phosphoric acid groups is 1. The average Bonchev–Trinajstić information content (AvgIpc) is 3.17. The van der Waals surface area contributed by atoms with Gasteiger partial charge in [-0.3, -0.25) is 18.6 Å². The predicted molar refractivity (Wildman–Crippen MR) is 243 cm³/mol. The van der Waals surface area contributed by atoms with Gasteiger partial charge in [-0.1, -0.05) is 167 Å². The third-order valence-corrected chi connectivity index (χ3v) is 11.4. The van der Waals surface area contributed by atoms with Gasteiger partial charge in [-0.15, -0.1) is 0 Å². The maximum absolute atomic E-state index is 12.7. The quantitative estimate of drug-likeness (QED) is 0.0212. The zero-order valence-corrected chi connectivity index (χ0v) is 39.4. The lowest BCUT2D eigenvalue weighted by Crippen LogP contribution is -2.37. The zero-order valence-electron chi connectivity index (χ0n) is 38.5. The van der Waals surface area contributed by atoms with Crippen molar-refractivity contribution in [2.45, 2.75) is 225 Å². The molecule has 0 heterocycles. The topological polar surface area (TPSA) is 108 Å². The molecule has 342 valence electrons. The Balaban J connectivity index is 4.30. The van der Waals surface area contributed by atoms with E-state index in [9.17, 15) is 19.0 Å². The van der Waals surface area contributed by atoms with Crippen LogP contribution in [0, 0.1) is 0 Å². The van der Waals surface area contributed by atoms with E-state index in [0.29, 0.717) is 17.4 Å². The molecule has 0 aliphatic heterocycles. The van der Waals surface area contributed by atoms with Gasteiger partial charge in [0.2, 0.25) is 0 Å². The number of quaternary nitrogens is 1. The van der Waals surface area contributed by atoms with Crippen molar-refractivity contribution in [1.82, 2.24) is 0 Å². The third kappa shape index (κ3) is 44.1. The van der Waals surface area contributed by atoms with E-state index in [1.54, 1.807) is 0 Å². The fourth-order valence-electron chi connectivity index (χ4n) is 6.65. The maximum atomic E-state index is 12.7. The molecule has 0 aliphatic rings. The SMILES string of the molecule is CCCCCCCC/C=C\CCCCCCCC(=O)OC[C@H](COP(=O)(O)OCC[N+](C)(C)C)OC(=O)CCCCCCCCC/C=C\CCCCCCCCCC. The summed E-state index contributed by atoms with van der Waals surface area (Å²) in [6, 6.07) is 0. The smallest absolute Gasteiger partial charge is 0.462 e. The summed E-state index contributed by atoms with van der Waals surface area (Å²) < 4.78 is 34.4. The summed E-state index contributed by atoms with van der Waals surface area (Å²) in [5, 5.41) is 0. The van der Waals surface area contributed by atoms with Crippen molar-refractivity contribution in [2.24, 2.45) is 0 Å². The molecule has 9 nitrogen and oxygen atoms in total. The van der Waals surface area contributed by atoms with Crippen molar-refractivity contribution in [3.63, 3.8) is 0 Å². The van der Waals surface area contributed by atoms with Crippen LogP contribution >= 0.6 is 7.82 Å². The molecule has 1 unspecified atom stereocenters. The fourth-order valence-corrected chi connectivity index (χ4v) is 7.39. The van der Waals surface area contributed by atoms with Crippen LogP contribution in [0.1, 0.15) is 219 Å². The molecule has 10 heteroatoms. The minimum absolute atomic E-state index is 0.0309. The van der Waals surface area contributed by atoms with Crippen molar-refractivity contribution in [2.75, 3.05) is 47.5 Å². The van der Waals surface area contributed by atoms with Crippen LogP contribution in [-0.4, -0.2) is 74.9 Å². The van der Waals surface area contributed by atoms with Crippen molar-refractivity contribution >= 4 is 19.8 Å². The van der Waals surface area contributed by atoms with Crippen LogP contribution in [0.4, 0.5) is 0 Å². The van der Waals surface area contributed by atoms with E-state index in [2.05, 4.69) is 38.2 Å². The molecule has 0 amide bonds. The Hall–Kier alpha value is -1.51. The first kappa shape index (κ1) is 56.5. The van der Waals surface area contributed by atoms with Crippen molar-refractivity contribution in [1.29, 1.82) is 0 Å². The first-order valence-electron chi connectivity index (χ1n) is 24.1. The highest BCUT2D eigenvalue weighted by Gasteiger charge is 2.27. The Morgan fingerprint density at radius 2 is 0.879 bits per heavy atom.